The lowest BCUT2D eigenvalue weighted by molar-refractivity contribution is -0.137. The summed E-state index contributed by atoms with van der Waals surface area (Å²) in [5.74, 6) is 1.54. The molecule has 1 N–H and O–H groups in total. The Labute approximate surface area is 164 Å². The van der Waals surface area contributed by atoms with Gasteiger partial charge in [0.2, 0.25) is 5.89 Å². The van der Waals surface area contributed by atoms with Gasteiger partial charge in [0.15, 0.2) is 5.82 Å². The molecule has 1 aliphatic rings. The molecule has 0 bridgehead atoms. The fourth-order valence-corrected chi connectivity index (χ4v) is 4.57. The molecule has 1 saturated carbocycles. The fourth-order valence-electron chi connectivity index (χ4n) is 3.81. The van der Waals surface area contributed by atoms with Gasteiger partial charge in [-0.25, -0.2) is 0 Å². The average Bonchev–Trinajstić information content (AvgIpc) is 3.16. The van der Waals surface area contributed by atoms with Crippen LogP contribution in [0.25, 0.3) is 0 Å². The van der Waals surface area contributed by atoms with Crippen LogP contribution < -0.4 is 0 Å². The van der Waals surface area contributed by atoms with Crippen molar-refractivity contribution in [2.75, 3.05) is 0 Å². The van der Waals surface area contributed by atoms with E-state index in [1.165, 1.54) is 38.5 Å². The second-order valence-electron chi connectivity index (χ2n) is 7.38. The molecule has 1 heterocycles. The molecule has 1 unspecified atom stereocenters. The average molecular weight is 389 g/mol. The molecule has 1 fully saturated rings. The van der Waals surface area contributed by atoms with Gasteiger partial charge in [-0.15, -0.1) is 11.8 Å². The highest BCUT2D eigenvalue weighted by Gasteiger charge is 2.23. The van der Waals surface area contributed by atoms with E-state index in [1.807, 2.05) is 30.3 Å². The van der Waals surface area contributed by atoms with Crippen LogP contribution in [0.15, 0.2) is 39.8 Å². The summed E-state index contributed by atoms with van der Waals surface area (Å²) >= 11 is 1.65. The summed E-state index contributed by atoms with van der Waals surface area (Å²) in [4.78, 5) is 16.9. The summed E-state index contributed by atoms with van der Waals surface area (Å²) in [5.41, 5.74) is 0. The Bertz CT molecular complexity index is 698. The fraction of sp³-hybridized carbons (Fsp3) is 0.571. The van der Waals surface area contributed by atoms with Gasteiger partial charge in [0.05, 0.1) is 12.2 Å². The number of aliphatic carboxylic acids is 1. The third-order valence-electron chi connectivity index (χ3n) is 5.25. The molecular formula is C21H28N2O3S. The van der Waals surface area contributed by atoms with Crippen LogP contribution in [0.3, 0.4) is 0 Å². The smallest absolute Gasteiger partial charge is 0.304 e. The number of benzene rings is 1. The predicted molar refractivity (Wildman–Crippen MR) is 106 cm³/mol. The molecule has 6 heteroatoms. The summed E-state index contributed by atoms with van der Waals surface area (Å²) in [6, 6.07) is 10.1. The van der Waals surface area contributed by atoms with Crippen LogP contribution in [-0.2, 0) is 10.5 Å². The monoisotopic (exact) mass is 388 g/mol. The van der Waals surface area contributed by atoms with E-state index >= 15 is 0 Å². The molecule has 0 radical (unpaired) electrons. The molecule has 1 aromatic carbocycles. The van der Waals surface area contributed by atoms with Crippen molar-refractivity contribution in [3.8, 4) is 0 Å². The number of carboxylic acid groups (broad SMARTS) is 1. The zero-order chi connectivity index (χ0) is 18.9. The quantitative estimate of drug-likeness (QED) is 0.528. The van der Waals surface area contributed by atoms with Gasteiger partial charge in [-0.1, -0.05) is 68.3 Å². The van der Waals surface area contributed by atoms with Crippen LogP contribution in [0.2, 0.25) is 0 Å². The van der Waals surface area contributed by atoms with Gasteiger partial charge in [0, 0.05) is 10.8 Å². The van der Waals surface area contributed by atoms with Crippen LogP contribution >= 0.6 is 11.8 Å². The van der Waals surface area contributed by atoms with Gasteiger partial charge in [-0.3, -0.25) is 4.79 Å². The summed E-state index contributed by atoms with van der Waals surface area (Å²) in [6.07, 6.45) is 9.76. The van der Waals surface area contributed by atoms with Gasteiger partial charge in [-0.2, -0.15) is 4.98 Å². The number of rotatable bonds is 10. The highest BCUT2D eigenvalue weighted by molar-refractivity contribution is 7.98. The zero-order valence-corrected chi connectivity index (χ0v) is 16.5. The standard InChI is InChI=1S/C21H28N2O3S/c24-20(25)14-17(11-7-10-16-8-3-1-4-9-16)21-22-19(23-26-21)15-27-18-12-5-2-6-13-18/h2,5-6,12-13,16-17H,1,3-4,7-11,14-15H2,(H,24,25). The molecular weight excluding hydrogens is 360 g/mol. The molecule has 3 rings (SSSR count). The molecule has 1 aromatic heterocycles. The molecule has 1 atom stereocenters. The number of carboxylic acids is 1. The van der Waals surface area contributed by atoms with Crippen molar-refractivity contribution in [1.29, 1.82) is 0 Å². The zero-order valence-electron chi connectivity index (χ0n) is 15.7. The molecule has 0 spiro atoms. The first-order valence-electron chi connectivity index (χ1n) is 9.93. The van der Waals surface area contributed by atoms with Gasteiger partial charge in [0.1, 0.15) is 0 Å². The SMILES string of the molecule is O=C(O)CC(CCCC1CCCCC1)c1nc(CSc2ccccc2)no1. The van der Waals surface area contributed by atoms with Crippen LogP contribution in [0, 0.1) is 5.92 Å². The molecule has 0 amide bonds. The summed E-state index contributed by atoms with van der Waals surface area (Å²) in [6.45, 7) is 0. The van der Waals surface area contributed by atoms with Crippen molar-refractivity contribution in [2.24, 2.45) is 5.92 Å². The van der Waals surface area contributed by atoms with Crippen LogP contribution in [-0.4, -0.2) is 21.2 Å². The molecule has 5 nitrogen and oxygen atoms in total. The van der Waals surface area contributed by atoms with E-state index in [9.17, 15) is 9.90 Å². The highest BCUT2D eigenvalue weighted by Crippen LogP contribution is 2.31. The Kier molecular flexibility index (Phi) is 7.75. The van der Waals surface area contributed by atoms with Gasteiger partial charge in [-0.05, 0) is 24.5 Å². The number of hydrogen-bond donors (Lipinski definition) is 1. The van der Waals surface area contributed by atoms with Crippen molar-refractivity contribution in [1.82, 2.24) is 10.1 Å². The normalized spacial score (nSPS) is 16.3. The minimum atomic E-state index is -0.809. The van der Waals surface area contributed by atoms with Crippen LogP contribution in [0.4, 0.5) is 0 Å². The lowest BCUT2D eigenvalue weighted by Crippen LogP contribution is -2.10. The lowest BCUT2D eigenvalue weighted by Gasteiger charge is -2.21. The first kappa shape index (κ1) is 19.9. The Balaban J connectivity index is 1.52. The number of thioether (sulfide) groups is 1. The van der Waals surface area contributed by atoms with Gasteiger partial charge < -0.3 is 9.63 Å². The van der Waals surface area contributed by atoms with E-state index in [4.69, 9.17) is 4.52 Å². The second-order valence-corrected chi connectivity index (χ2v) is 8.43. The predicted octanol–water partition coefficient (Wildman–Crippen LogP) is 5.67. The van der Waals surface area contributed by atoms with Gasteiger partial charge >= 0.3 is 5.97 Å². The third kappa shape index (κ3) is 6.69. The molecule has 1 aliphatic carbocycles. The largest absolute Gasteiger partial charge is 0.481 e. The van der Waals surface area contributed by atoms with E-state index in [0.29, 0.717) is 17.5 Å². The number of nitrogens with zero attached hydrogens (tertiary/aromatic N) is 2. The second kappa shape index (κ2) is 10.5. The molecule has 2 aromatic rings. The maximum Gasteiger partial charge on any atom is 0.304 e. The van der Waals surface area contributed by atoms with Crippen molar-refractivity contribution in [3.05, 3.63) is 42.0 Å². The Morgan fingerprint density at radius 1 is 1.22 bits per heavy atom. The summed E-state index contributed by atoms with van der Waals surface area (Å²) in [7, 11) is 0. The molecule has 146 valence electrons. The maximum atomic E-state index is 11.3. The highest BCUT2D eigenvalue weighted by atomic mass is 32.2. The van der Waals surface area contributed by atoms with Crippen molar-refractivity contribution < 1.29 is 14.4 Å². The first-order chi connectivity index (χ1) is 13.2. The van der Waals surface area contributed by atoms with Crippen LogP contribution in [0.5, 0.6) is 0 Å². The topological polar surface area (TPSA) is 76.2 Å². The Morgan fingerprint density at radius 3 is 2.74 bits per heavy atom. The Morgan fingerprint density at radius 2 is 2.00 bits per heavy atom. The number of carbonyl (C=O) groups is 1. The maximum absolute atomic E-state index is 11.3. The molecule has 27 heavy (non-hydrogen) atoms. The van der Waals surface area contributed by atoms with E-state index in [1.54, 1.807) is 11.8 Å². The number of hydrogen-bond acceptors (Lipinski definition) is 5. The van der Waals surface area contributed by atoms with Crippen molar-refractivity contribution >= 4 is 17.7 Å². The Hall–Kier alpha value is -1.82. The van der Waals surface area contributed by atoms with Gasteiger partial charge in [0.25, 0.3) is 0 Å². The molecule has 0 saturated heterocycles. The van der Waals surface area contributed by atoms with Crippen LogP contribution in [0.1, 0.15) is 75.4 Å². The third-order valence-corrected chi connectivity index (χ3v) is 6.26. The minimum Gasteiger partial charge on any atom is -0.481 e. The van der Waals surface area contributed by atoms with E-state index in [2.05, 4.69) is 10.1 Å². The first-order valence-corrected chi connectivity index (χ1v) is 10.9. The van der Waals surface area contributed by atoms with E-state index in [0.717, 1.165) is 23.7 Å². The summed E-state index contributed by atoms with van der Waals surface area (Å²) < 4.78 is 5.42. The van der Waals surface area contributed by atoms with E-state index < -0.39 is 5.97 Å². The lowest BCUT2D eigenvalue weighted by atomic mass is 9.84. The van der Waals surface area contributed by atoms with Crippen molar-refractivity contribution in [3.63, 3.8) is 0 Å². The number of aromatic nitrogens is 2. The van der Waals surface area contributed by atoms with E-state index in [-0.39, 0.29) is 12.3 Å². The molecule has 0 aliphatic heterocycles. The van der Waals surface area contributed by atoms with Crippen molar-refractivity contribution in [2.45, 2.75) is 74.4 Å². The summed E-state index contributed by atoms with van der Waals surface area (Å²) in [5, 5.41) is 13.3. The minimum absolute atomic E-state index is 0.0537.